The van der Waals surface area contributed by atoms with Gasteiger partial charge in [-0.15, -0.1) is 0 Å². The van der Waals surface area contributed by atoms with Crippen LogP contribution >= 0.6 is 0 Å². The minimum Gasteiger partial charge on any atom is -0.374 e. The number of anilines is 1. The van der Waals surface area contributed by atoms with Gasteiger partial charge in [0.2, 0.25) is 0 Å². The monoisotopic (exact) mass is 286 g/mol. The van der Waals surface area contributed by atoms with Crippen molar-refractivity contribution in [2.45, 2.75) is 31.9 Å². The maximum absolute atomic E-state index is 13.2. The van der Waals surface area contributed by atoms with Crippen molar-refractivity contribution < 1.29 is 13.2 Å². The Kier molecular flexibility index (Phi) is 4.58. The molecule has 0 unspecified atom stereocenters. The lowest BCUT2D eigenvalue weighted by atomic mass is 9.85. The lowest BCUT2D eigenvalue weighted by Gasteiger charge is -2.32. The van der Waals surface area contributed by atoms with Gasteiger partial charge in [-0.25, -0.2) is 0 Å². The topological polar surface area (TPSA) is 29.3 Å². The van der Waals surface area contributed by atoms with E-state index in [1.807, 2.05) is 0 Å². The summed E-state index contributed by atoms with van der Waals surface area (Å²) in [6.07, 6.45) is -0.419. The third-order valence-corrected chi connectivity index (χ3v) is 3.97. The van der Waals surface area contributed by atoms with Crippen molar-refractivity contribution in [2.24, 2.45) is 11.7 Å². The van der Waals surface area contributed by atoms with Gasteiger partial charge < -0.3 is 10.6 Å². The summed E-state index contributed by atoms with van der Waals surface area (Å²) in [5.74, 6) is 0.532. The molecule has 0 aliphatic heterocycles. The van der Waals surface area contributed by atoms with E-state index in [9.17, 15) is 13.2 Å². The number of hydrogen-bond donors (Lipinski definition) is 1. The van der Waals surface area contributed by atoms with Crippen LogP contribution in [0.1, 0.15) is 30.4 Å². The van der Waals surface area contributed by atoms with Crippen LogP contribution < -0.4 is 10.6 Å². The second-order valence-electron chi connectivity index (χ2n) is 5.57. The molecule has 2 nitrogen and oxygen atoms in total. The zero-order valence-electron chi connectivity index (χ0n) is 11.7. The first-order chi connectivity index (χ1) is 9.41. The minimum atomic E-state index is -4.33. The molecule has 2 rings (SSSR count). The molecule has 1 aliphatic rings. The summed E-state index contributed by atoms with van der Waals surface area (Å²) in [5.41, 5.74) is 5.77. The summed E-state index contributed by atoms with van der Waals surface area (Å²) in [4.78, 5) is 1.73. The fraction of sp³-hybridized carbons (Fsp3) is 0.600. The molecule has 1 aromatic rings. The molecule has 112 valence electrons. The Labute approximate surface area is 117 Å². The molecule has 0 radical (unpaired) electrons. The van der Waals surface area contributed by atoms with Gasteiger partial charge in [-0.05, 0) is 49.4 Å². The highest BCUT2D eigenvalue weighted by Gasteiger charge is 2.35. The van der Waals surface area contributed by atoms with Crippen molar-refractivity contribution in [1.82, 2.24) is 0 Å². The number of benzene rings is 1. The fourth-order valence-corrected chi connectivity index (χ4v) is 2.63. The lowest BCUT2D eigenvalue weighted by molar-refractivity contribution is -0.137. The number of halogens is 3. The molecule has 1 aliphatic carbocycles. The van der Waals surface area contributed by atoms with Crippen LogP contribution in [0.25, 0.3) is 0 Å². The first kappa shape index (κ1) is 15.2. The van der Waals surface area contributed by atoms with Crippen molar-refractivity contribution in [3.8, 4) is 0 Å². The SMILES string of the molecule is CN(CC1CCC1)c1ccc(CCN)cc1C(F)(F)F. The van der Waals surface area contributed by atoms with Gasteiger partial charge in [-0.2, -0.15) is 13.2 Å². The minimum absolute atomic E-state index is 0.269. The van der Waals surface area contributed by atoms with E-state index in [1.165, 1.54) is 12.5 Å². The second kappa shape index (κ2) is 6.04. The summed E-state index contributed by atoms with van der Waals surface area (Å²) < 4.78 is 39.6. The Morgan fingerprint density at radius 3 is 2.50 bits per heavy atom. The normalized spacial score (nSPS) is 16.1. The predicted octanol–water partition coefficient (Wildman–Crippen LogP) is 3.44. The van der Waals surface area contributed by atoms with Gasteiger partial charge >= 0.3 is 6.18 Å². The van der Waals surface area contributed by atoms with E-state index >= 15 is 0 Å². The van der Waals surface area contributed by atoms with Gasteiger partial charge in [0.05, 0.1) is 5.56 Å². The second-order valence-corrected chi connectivity index (χ2v) is 5.57. The van der Waals surface area contributed by atoms with Crippen molar-refractivity contribution in [3.63, 3.8) is 0 Å². The van der Waals surface area contributed by atoms with E-state index in [2.05, 4.69) is 0 Å². The number of rotatable bonds is 5. The van der Waals surface area contributed by atoms with Gasteiger partial charge in [0, 0.05) is 19.3 Å². The third-order valence-electron chi connectivity index (χ3n) is 3.97. The largest absolute Gasteiger partial charge is 0.418 e. The quantitative estimate of drug-likeness (QED) is 0.898. The van der Waals surface area contributed by atoms with Gasteiger partial charge in [0.1, 0.15) is 0 Å². The summed E-state index contributed by atoms with van der Waals surface area (Å²) in [5, 5.41) is 0. The average molecular weight is 286 g/mol. The molecule has 0 spiro atoms. The Balaban J connectivity index is 2.25. The van der Waals surface area contributed by atoms with E-state index in [1.54, 1.807) is 24.1 Å². The van der Waals surface area contributed by atoms with Crippen LogP contribution in [0.15, 0.2) is 18.2 Å². The molecule has 0 amide bonds. The molecule has 0 heterocycles. The molecule has 2 N–H and O–H groups in total. The maximum Gasteiger partial charge on any atom is 0.418 e. The first-order valence-corrected chi connectivity index (χ1v) is 7.03. The van der Waals surface area contributed by atoms with Crippen LogP contribution in [0.3, 0.4) is 0 Å². The third kappa shape index (κ3) is 3.45. The van der Waals surface area contributed by atoms with Crippen molar-refractivity contribution in [2.75, 3.05) is 25.0 Å². The molecular formula is C15H21F3N2. The first-order valence-electron chi connectivity index (χ1n) is 7.03. The number of alkyl halides is 3. The van der Waals surface area contributed by atoms with Crippen LogP contribution in [0.5, 0.6) is 0 Å². The van der Waals surface area contributed by atoms with E-state index in [-0.39, 0.29) is 5.69 Å². The molecule has 0 aromatic heterocycles. The highest BCUT2D eigenvalue weighted by molar-refractivity contribution is 5.56. The van der Waals surface area contributed by atoms with Crippen molar-refractivity contribution in [1.29, 1.82) is 0 Å². The van der Waals surface area contributed by atoms with Crippen molar-refractivity contribution in [3.05, 3.63) is 29.3 Å². The van der Waals surface area contributed by atoms with Crippen LogP contribution in [-0.4, -0.2) is 20.1 Å². The lowest BCUT2D eigenvalue weighted by Crippen LogP contribution is -2.30. The molecule has 1 saturated carbocycles. The van der Waals surface area contributed by atoms with Gasteiger partial charge in [-0.3, -0.25) is 0 Å². The highest BCUT2D eigenvalue weighted by atomic mass is 19.4. The average Bonchev–Trinajstić information content (AvgIpc) is 2.33. The Morgan fingerprint density at radius 2 is 2.00 bits per heavy atom. The molecule has 20 heavy (non-hydrogen) atoms. The summed E-state index contributed by atoms with van der Waals surface area (Å²) in [6, 6.07) is 4.56. The molecule has 0 atom stereocenters. The van der Waals surface area contributed by atoms with Gasteiger partial charge in [0.25, 0.3) is 0 Å². The summed E-state index contributed by atoms with van der Waals surface area (Å²) >= 11 is 0. The van der Waals surface area contributed by atoms with Crippen LogP contribution in [0.2, 0.25) is 0 Å². The van der Waals surface area contributed by atoms with Gasteiger partial charge in [0.15, 0.2) is 0 Å². The van der Waals surface area contributed by atoms with E-state index in [0.29, 0.717) is 31.0 Å². The summed E-state index contributed by atoms with van der Waals surface area (Å²) in [6.45, 7) is 1.05. The van der Waals surface area contributed by atoms with Crippen LogP contribution in [0.4, 0.5) is 18.9 Å². The number of nitrogens with two attached hydrogens (primary N) is 1. The number of nitrogens with zero attached hydrogens (tertiary/aromatic N) is 1. The maximum atomic E-state index is 13.2. The molecule has 1 fully saturated rings. The Hall–Kier alpha value is -1.23. The highest BCUT2D eigenvalue weighted by Crippen LogP contribution is 2.38. The van der Waals surface area contributed by atoms with Crippen LogP contribution in [-0.2, 0) is 12.6 Å². The molecule has 0 bridgehead atoms. The number of hydrogen-bond acceptors (Lipinski definition) is 2. The van der Waals surface area contributed by atoms with E-state index < -0.39 is 11.7 Å². The molecule has 0 saturated heterocycles. The van der Waals surface area contributed by atoms with E-state index in [4.69, 9.17) is 5.73 Å². The predicted molar refractivity (Wildman–Crippen MR) is 74.8 cm³/mol. The Morgan fingerprint density at radius 1 is 1.30 bits per heavy atom. The fourth-order valence-electron chi connectivity index (χ4n) is 2.63. The molecule has 5 heteroatoms. The molecular weight excluding hydrogens is 265 g/mol. The van der Waals surface area contributed by atoms with E-state index in [0.717, 1.165) is 12.8 Å². The Bertz CT molecular complexity index is 453. The molecule has 1 aromatic carbocycles. The standard InChI is InChI=1S/C15H21F3N2/c1-20(10-12-3-2-4-12)14-6-5-11(7-8-19)9-13(14)15(16,17)18/h5-6,9,12H,2-4,7-8,10,19H2,1H3. The summed E-state index contributed by atoms with van der Waals surface area (Å²) in [7, 11) is 1.74. The smallest absolute Gasteiger partial charge is 0.374 e. The van der Waals surface area contributed by atoms with Gasteiger partial charge in [-0.1, -0.05) is 12.5 Å². The zero-order chi connectivity index (χ0) is 14.8. The zero-order valence-corrected chi connectivity index (χ0v) is 11.7. The van der Waals surface area contributed by atoms with Crippen LogP contribution in [0, 0.1) is 5.92 Å². The van der Waals surface area contributed by atoms with Crippen molar-refractivity contribution >= 4 is 5.69 Å².